The molecule has 10 heteroatoms. The summed E-state index contributed by atoms with van der Waals surface area (Å²) in [4.78, 5) is 20.7. The molecule has 4 rings (SSSR count). The van der Waals surface area contributed by atoms with E-state index in [1.54, 1.807) is 19.3 Å². The number of pyridine rings is 1. The van der Waals surface area contributed by atoms with Crippen molar-refractivity contribution in [2.75, 3.05) is 19.6 Å². The number of nitrogens with zero attached hydrogens (tertiary/aromatic N) is 5. The third-order valence-corrected chi connectivity index (χ3v) is 7.53. The summed E-state index contributed by atoms with van der Waals surface area (Å²) >= 11 is 0. The minimum absolute atomic E-state index is 0.0407. The van der Waals surface area contributed by atoms with Crippen LogP contribution in [-0.2, 0) is 31.1 Å². The Bertz CT molecular complexity index is 1020. The first-order valence-corrected chi connectivity index (χ1v) is 13.0. The molecule has 2 aliphatic rings. The lowest BCUT2D eigenvalue weighted by Crippen LogP contribution is -2.31. The van der Waals surface area contributed by atoms with E-state index >= 15 is 0 Å². The van der Waals surface area contributed by atoms with E-state index in [1.165, 1.54) is 4.80 Å². The Kier molecular flexibility index (Phi) is 8.64. The zero-order valence-corrected chi connectivity index (χ0v) is 21.1. The zero-order valence-electron chi connectivity index (χ0n) is 21.1. The van der Waals surface area contributed by atoms with Gasteiger partial charge in [0.25, 0.3) is 0 Å². The molecule has 3 heterocycles. The van der Waals surface area contributed by atoms with E-state index in [-0.39, 0.29) is 11.7 Å². The van der Waals surface area contributed by atoms with Crippen LogP contribution in [0.25, 0.3) is 0 Å². The molecule has 1 fully saturated rings. The molecular weight excluding hydrogens is 471 g/mol. The molecule has 0 radical (unpaired) electrons. The topological polar surface area (TPSA) is 73.1 Å². The fourth-order valence-corrected chi connectivity index (χ4v) is 5.30. The van der Waals surface area contributed by atoms with Crippen LogP contribution in [0.4, 0.5) is 13.2 Å². The average Bonchev–Trinajstić information content (AvgIpc) is 3.12. The van der Waals surface area contributed by atoms with Crippen molar-refractivity contribution in [2.24, 2.45) is 18.9 Å². The number of Topliss-reactive ketones (excluding diaryl/α,β-unsaturated/α-hetero) is 1. The highest BCUT2D eigenvalue weighted by Gasteiger charge is 2.38. The van der Waals surface area contributed by atoms with Gasteiger partial charge in [-0.15, -0.1) is 0 Å². The summed E-state index contributed by atoms with van der Waals surface area (Å²) in [6.45, 7) is 3.80. The summed E-state index contributed by atoms with van der Waals surface area (Å²) < 4.78 is 43.4. The Morgan fingerprint density at radius 2 is 1.86 bits per heavy atom. The number of halogens is 3. The Balaban J connectivity index is 1.17. The summed E-state index contributed by atoms with van der Waals surface area (Å²) in [5.41, 5.74) is 2.68. The van der Waals surface area contributed by atoms with Gasteiger partial charge in [-0.3, -0.25) is 4.79 Å². The normalized spacial score (nSPS) is 22.0. The summed E-state index contributed by atoms with van der Waals surface area (Å²) in [7, 11) is 1.75. The largest absolute Gasteiger partial charge is 0.465 e. The Morgan fingerprint density at radius 3 is 2.56 bits per heavy atom. The Hall–Kier alpha value is -2.49. The summed E-state index contributed by atoms with van der Waals surface area (Å²) in [5, 5.41) is 8.23. The maximum atomic E-state index is 12.8. The van der Waals surface area contributed by atoms with Gasteiger partial charge in [0, 0.05) is 44.7 Å². The Morgan fingerprint density at radius 1 is 1.14 bits per heavy atom. The second-order valence-corrected chi connectivity index (χ2v) is 10.3. The van der Waals surface area contributed by atoms with Crippen LogP contribution in [0.1, 0.15) is 62.4 Å². The molecule has 0 spiro atoms. The van der Waals surface area contributed by atoms with Crippen molar-refractivity contribution in [3.8, 4) is 5.88 Å². The van der Waals surface area contributed by atoms with Gasteiger partial charge in [0.15, 0.2) is 6.10 Å². The summed E-state index contributed by atoms with van der Waals surface area (Å²) in [6, 6.07) is 3.41. The first-order valence-electron chi connectivity index (χ1n) is 13.0. The number of fused-ring (bicyclic) bond motifs is 1. The van der Waals surface area contributed by atoms with Crippen LogP contribution in [-0.4, -0.2) is 62.6 Å². The predicted molar refractivity (Wildman–Crippen MR) is 129 cm³/mol. The lowest BCUT2D eigenvalue weighted by molar-refractivity contribution is -0.190. The molecule has 0 aromatic carbocycles. The van der Waals surface area contributed by atoms with Crippen LogP contribution in [0.5, 0.6) is 5.88 Å². The number of hydrogen-bond acceptors (Lipinski definition) is 6. The van der Waals surface area contributed by atoms with Crippen LogP contribution >= 0.6 is 0 Å². The number of hydrogen-bond donors (Lipinski definition) is 0. The SMILES string of the molecule is C[C@@H](Oc1ccc2c(n1)CCN(CCC1CCC(CC(=O)Cc3cnn(C)n3)CC1)CC2)C(F)(F)F. The zero-order chi connectivity index (χ0) is 25.7. The molecule has 1 aliphatic carbocycles. The maximum absolute atomic E-state index is 12.8. The van der Waals surface area contributed by atoms with Crippen LogP contribution in [0, 0.1) is 11.8 Å². The number of ketones is 1. The number of aromatic nitrogens is 4. The number of alkyl halides is 3. The number of ether oxygens (including phenoxy) is 1. The lowest BCUT2D eigenvalue weighted by atomic mass is 9.78. The van der Waals surface area contributed by atoms with Gasteiger partial charge in [-0.1, -0.05) is 18.9 Å². The molecule has 1 aliphatic heterocycles. The molecule has 2 aromatic heterocycles. The van der Waals surface area contributed by atoms with Gasteiger partial charge in [0.1, 0.15) is 5.78 Å². The van der Waals surface area contributed by atoms with Gasteiger partial charge in [0.2, 0.25) is 5.88 Å². The third-order valence-electron chi connectivity index (χ3n) is 7.53. The molecular formula is C26H36F3N5O2. The first-order chi connectivity index (χ1) is 17.2. The average molecular weight is 508 g/mol. The van der Waals surface area contributed by atoms with Gasteiger partial charge >= 0.3 is 6.18 Å². The van der Waals surface area contributed by atoms with Gasteiger partial charge < -0.3 is 9.64 Å². The van der Waals surface area contributed by atoms with E-state index in [9.17, 15) is 18.0 Å². The number of aryl methyl sites for hydroxylation is 1. The monoisotopic (exact) mass is 507 g/mol. The van der Waals surface area contributed by atoms with E-state index < -0.39 is 12.3 Å². The molecule has 0 N–H and O–H groups in total. The van der Waals surface area contributed by atoms with Crippen molar-refractivity contribution in [3.05, 3.63) is 35.3 Å². The van der Waals surface area contributed by atoms with E-state index in [4.69, 9.17) is 4.74 Å². The highest BCUT2D eigenvalue weighted by atomic mass is 19.4. The van der Waals surface area contributed by atoms with Crippen LogP contribution in [0.15, 0.2) is 18.3 Å². The van der Waals surface area contributed by atoms with Crippen molar-refractivity contribution < 1.29 is 22.7 Å². The van der Waals surface area contributed by atoms with Gasteiger partial charge in [-0.25, -0.2) is 4.98 Å². The quantitative estimate of drug-likeness (QED) is 0.503. The van der Waals surface area contributed by atoms with Crippen LogP contribution in [0.3, 0.4) is 0 Å². The van der Waals surface area contributed by atoms with Crippen molar-refractivity contribution >= 4 is 5.78 Å². The Labute approximate surface area is 210 Å². The van der Waals surface area contributed by atoms with Crippen molar-refractivity contribution in [2.45, 2.75) is 77.0 Å². The lowest BCUT2D eigenvalue weighted by Gasteiger charge is -2.30. The molecule has 0 saturated heterocycles. The first kappa shape index (κ1) is 26.6. The van der Waals surface area contributed by atoms with E-state index in [1.807, 2.05) is 6.07 Å². The fourth-order valence-electron chi connectivity index (χ4n) is 5.30. The third kappa shape index (κ3) is 7.51. The second kappa shape index (κ2) is 11.7. The minimum atomic E-state index is -4.41. The standard InChI is InChI=1S/C26H36F3N5O2/c1-18(26(27,28)29)36-25-8-7-21-10-13-34(14-11-24(21)31-25)12-9-19-3-5-20(6-4-19)15-23(35)16-22-17-30-33(2)32-22/h7-8,17-20H,3-6,9-16H2,1-2H3/t18-,19?,20?/m1/s1. The molecule has 0 unspecified atom stereocenters. The van der Waals surface area contributed by atoms with E-state index in [0.717, 1.165) is 82.0 Å². The molecule has 198 valence electrons. The molecule has 2 aromatic rings. The number of carbonyl (C=O) groups is 1. The number of carbonyl (C=O) groups excluding carboxylic acids is 1. The summed E-state index contributed by atoms with van der Waals surface area (Å²) in [5.74, 6) is 1.45. The van der Waals surface area contributed by atoms with Crippen LogP contribution in [0.2, 0.25) is 0 Å². The minimum Gasteiger partial charge on any atom is -0.465 e. The smallest absolute Gasteiger partial charge is 0.425 e. The predicted octanol–water partition coefficient (Wildman–Crippen LogP) is 4.34. The van der Waals surface area contributed by atoms with Crippen molar-refractivity contribution in [1.82, 2.24) is 24.9 Å². The maximum Gasteiger partial charge on any atom is 0.425 e. The molecule has 0 amide bonds. The van der Waals surface area contributed by atoms with Crippen LogP contribution < -0.4 is 4.74 Å². The van der Waals surface area contributed by atoms with E-state index in [2.05, 4.69) is 20.1 Å². The highest BCUT2D eigenvalue weighted by Crippen LogP contribution is 2.33. The number of rotatable bonds is 9. The molecule has 1 atom stereocenters. The molecule has 1 saturated carbocycles. The van der Waals surface area contributed by atoms with Crippen molar-refractivity contribution in [3.63, 3.8) is 0 Å². The second-order valence-electron chi connectivity index (χ2n) is 10.3. The van der Waals surface area contributed by atoms with Crippen molar-refractivity contribution in [1.29, 1.82) is 0 Å². The molecule has 0 bridgehead atoms. The van der Waals surface area contributed by atoms with Gasteiger partial charge in [0.05, 0.1) is 18.3 Å². The summed E-state index contributed by atoms with van der Waals surface area (Å²) in [6.07, 6.45) is 3.61. The van der Waals surface area contributed by atoms with Gasteiger partial charge in [-0.2, -0.15) is 28.2 Å². The molecule has 36 heavy (non-hydrogen) atoms. The van der Waals surface area contributed by atoms with Gasteiger partial charge in [-0.05, 0) is 56.6 Å². The van der Waals surface area contributed by atoms with E-state index in [0.29, 0.717) is 31.1 Å². The fraction of sp³-hybridized carbons (Fsp3) is 0.692. The molecule has 7 nitrogen and oxygen atoms in total. The highest BCUT2D eigenvalue weighted by molar-refractivity contribution is 5.80.